The lowest BCUT2D eigenvalue weighted by Gasteiger charge is -2.16. The Labute approximate surface area is 48.1 Å². The molecule has 1 atom stereocenters. The average Bonchev–Trinajstić information content (AvgIpc) is 2.12. The predicted molar refractivity (Wildman–Crippen MR) is 30.2 cm³/mol. The number of nitrogens with zero attached hydrogens (tertiary/aromatic N) is 2. The van der Waals surface area contributed by atoms with Crippen molar-refractivity contribution < 1.29 is 4.74 Å². The van der Waals surface area contributed by atoms with Crippen molar-refractivity contribution in [1.82, 2.24) is 10.3 Å². The minimum absolute atomic E-state index is 0.0741. The second kappa shape index (κ2) is 2.00. The Hall–Kier alpha value is -0.770. The normalized spacial score (nSPS) is 25.6. The molecule has 0 fully saturated rings. The van der Waals surface area contributed by atoms with Crippen LogP contribution in [0, 0.1) is 0 Å². The molecule has 0 bridgehead atoms. The summed E-state index contributed by atoms with van der Waals surface area (Å²) in [5.74, 6) is 0. The number of rotatable bonds is 1. The first kappa shape index (κ1) is 5.37. The lowest BCUT2D eigenvalue weighted by molar-refractivity contribution is 0.0525. The van der Waals surface area contributed by atoms with E-state index in [1.807, 2.05) is 19.0 Å². The largest absolute Gasteiger partial charge is 0.444 e. The van der Waals surface area contributed by atoms with Crippen LogP contribution in [0.5, 0.6) is 0 Å². The summed E-state index contributed by atoms with van der Waals surface area (Å²) in [7, 11) is 3.82. The van der Waals surface area contributed by atoms with E-state index in [1.165, 1.54) is 6.40 Å². The number of hydrogen-bond acceptors (Lipinski definition) is 4. The highest BCUT2D eigenvalue weighted by molar-refractivity contribution is 5.47. The number of ether oxygens (including phenoxy) is 1. The molecule has 0 spiro atoms. The van der Waals surface area contributed by atoms with Gasteiger partial charge in [-0.15, -0.1) is 5.10 Å². The van der Waals surface area contributed by atoms with Crippen LogP contribution >= 0.6 is 0 Å². The zero-order chi connectivity index (χ0) is 5.98. The molecule has 0 aliphatic carbocycles. The van der Waals surface area contributed by atoms with Crippen LogP contribution in [0.15, 0.2) is 5.10 Å². The summed E-state index contributed by atoms with van der Waals surface area (Å²) in [6.45, 7) is 0. The molecule has 1 N–H and O–H groups in total. The van der Waals surface area contributed by atoms with Gasteiger partial charge in [0.2, 0.25) is 6.35 Å². The van der Waals surface area contributed by atoms with E-state index in [2.05, 4.69) is 10.5 Å². The van der Waals surface area contributed by atoms with Gasteiger partial charge in [-0.05, 0) is 14.1 Å². The molecule has 1 aliphatic rings. The second-order valence-corrected chi connectivity index (χ2v) is 1.82. The number of hydrazone groups is 1. The van der Waals surface area contributed by atoms with E-state index >= 15 is 0 Å². The van der Waals surface area contributed by atoms with Crippen LogP contribution in [0.1, 0.15) is 0 Å². The van der Waals surface area contributed by atoms with Gasteiger partial charge < -0.3 is 4.74 Å². The summed E-state index contributed by atoms with van der Waals surface area (Å²) >= 11 is 0. The lowest BCUT2D eigenvalue weighted by atomic mass is 10.8. The molecule has 46 valence electrons. The van der Waals surface area contributed by atoms with Gasteiger partial charge in [-0.25, -0.2) is 0 Å². The molecule has 0 aromatic rings. The Bertz CT molecular complexity index is 93.5. The molecule has 0 saturated carbocycles. The van der Waals surface area contributed by atoms with Crippen molar-refractivity contribution in [3.05, 3.63) is 0 Å². The molecule has 1 unspecified atom stereocenters. The summed E-state index contributed by atoms with van der Waals surface area (Å²) in [4.78, 5) is 1.88. The maximum absolute atomic E-state index is 4.94. The van der Waals surface area contributed by atoms with Crippen LogP contribution in [-0.2, 0) is 4.74 Å². The number of hydrogen-bond donors (Lipinski definition) is 1. The molecule has 8 heavy (non-hydrogen) atoms. The van der Waals surface area contributed by atoms with Gasteiger partial charge >= 0.3 is 0 Å². The lowest BCUT2D eigenvalue weighted by Crippen LogP contribution is -2.36. The minimum atomic E-state index is -0.0741. The summed E-state index contributed by atoms with van der Waals surface area (Å²) < 4.78 is 4.94. The van der Waals surface area contributed by atoms with Gasteiger partial charge in [0.15, 0.2) is 6.40 Å². The molecule has 0 amide bonds. The molecule has 4 nitrogen and oxygen atoms in total. The highest BCUT2D eigenvalue weighted by Gasteiger charge is 2.11. The molecule has 1 heterocycles. The van der Waals surface area contributed by atoms with Crippen molar-refractivity contribution in [3.63, 3.8) is 0 Å². The van der Waals surface area contributed by atoms with Crippen LogP contribution < -0.4 is 5.43 Å². The molecule has 0 radical (unpaired) electrons. The standard InChI is InChI=1S/C4H9N3O/c1-7(2)4-6-5-3-8-4/h3-4,6H,1-2H3. The zero-order valence-corrected chi connectivity index (χ0v) is 4.96. The Morgan fingerprint density at radius 2 is 2.50 bits per heavy atom. The maximum atomic E-state index is 4.94. The van der Waals surface area contributed by atoms with Gasteiger partial charge in [-0.1, -0.05) is 0 Å². The first-order valence-electron chi connectivity index (χ1n) is 2.39. The first-order chi connectivity index (χ1) is 3.80. The van der Waals surface area contributed by atoms with Crippen LogP contribution in [-0.4, -0.2) is 31.7 Å². The third kappa shape index (κ3) is 0.894. The van der Waals surface area contributed by atoms with E-state index in [9.17, 15) is 0 Å². The van der Waals surface area contributed by atoms with Crippen molar-refractivity contribution >= 4 is 6.40 Å². The van der Waals surface area contributed by atoms with E-state index < -0.39 is 0 Å². The van der Waals surface area contributed by atoms with Gasteiger partial charge in [-0.2, -0.15) is 0 Å². The molecule has 1 rings (SSSR count). The van der Waals surface area contributed by atoms with Crippen molar-refractivity contribution in [2.45, 2.75) is 6.35 Å². The summed E-state index contributed by atoms with van der Waals surface area (Å²) in [5.41, 5.74) is 2.73. The molecule has 0 aromatic heterocycles. The Morgan fingerprint density at radius 3 is 2.75 bits per heavy atom. The van der Waals surface area contributed by atoms with Crippen molar-refractivity contribution in [3.8, 4) is 0 Å². The fourth-order valence-electron chi connectivity index (χ4n) is 0.450. The fourth-order valence-corrected chi connectivity index (χ4v) is 0.450. The van der Waals surface area contributed by atoms with Crippen molar-refractivity contribution in [1.29, 1.82) is 0 Å². The molecule has 4 heteroatoms. The fraction of sp³-hybridized carbons (Fsp3) is 0.750. The van der Waals surface area contributed by atoms with Crippen LogP contribution in [0.3, 0.4) is 0 Å². The van der Waals surface area contributed by atoms with Gasteiger partial charge in [0, 0.05) is 0 Å². The third-order valence-corrected chi connectivity index (χ3v) is 0.896. The molecule has 0 saturated heterocycles. The van der Waals surface area contributed by atoms with E-state index in [1.54, 1.807) is 0 Å². The smallest absolute Gasteiger partial charge is 0.245 e. The molecular weight excluding hydrogens is 106 g/mol. The van der Waals surface area contributed by atoms with Crippen LogP contribution in [0.2, 0.25) is 0 Å². The third-order valence-electron chi connectivity index (χ3n) is 0.896. The second-order valence-electron chi connectivity index (χ2n) is 1.82. The van der Waals surface area contributed by atoms with Crippen LogP contribution in [0.4, 0.5) is 0 Å². The monoisotopic (exact) mass is 115 g/mol. The summed E-state index contributed by atoms with van der Waals surface area (Å²) in [6, 6.07) is 0. The highest BCUT2D eigenvalue weighted by atomic mass is 16.5. The van der Waals surface area contributed by atoms with Gasteiger partial charge in [0.1, 0.15) is 0 Å². The van der Waals surface area contributed by atoms with Crippen molar-refractivity contribution in [2.75, 3.05) is 14.1 Å². The zero-order valence-electron chi connectivity index (χ0n) is 4.96. The van der Waals surface area contributed by atoms with E-state index in [0.717, 1.165) is 0 Å². The Balaban J connectivity index is 2.29. The molecule has 0 aromatic carbocycles. The molecule has 1 aliphatic heterocycles. The maximum Gasteiger partial charge on any atom is 0.245 e. The first-order valence-corrected chi connectivity index (χ1v) is 2.39. The van der Waals surface area contributed by atoms with E-state index in [-0.39, 0.29) is 6.35 Å². The summed E-state index contributed by atoms with van der Waals surface area (Å²) in [6.07, 6.45) is 1.32. The number of nitrogens with one attached hydrogen (secondary N) is 1. The molecular formula is C4H9N3O. The average molecular weight is 115 g/mol. The Morgan fingerprint density at radius 1 is 1.75 bits per heavy atom. The van der Waals surface area contributed by atoms with Gasteiger partial charge in [-0.3, -0.25) is 10.3 Å². The predicted octanol–water partition coefficient (Wildman–Crippen LogP) is -0.605. The summed E-state index contributed by atoms with van der Waals surface area (Å²) in [5, 5.41) is 3.65. The topological polar surface area (TPSA) is 36.9 Å². The Kier molecular flexibility index (Phi) is 1.34. The van der Waals surface area contributed by atoms with Gasteiger partial charge in [0.25, 0.3) is 0 Å². The van der Waals surface area contributed by atoms with Gasteiger partial charge in [0.05, 0.1) is 0 Å². The highest BCUT2D eigenvalue weighted by Crippen LogP contribution is 1.93. The van der Waals surface area contributed by atoms with Crippen molar-refractivity contribution in [2.24, 2.45) is 5.10 Å². The van der Waals surface area contributed by atoms with E-state index in [0.29, 0.717) is 0 Å². The SMILES string of the molecule is CN(C)C1NN=CO1. The minimum Gasteiger partial charge on any atom is -0.444 e. The van der Waals surface area contributed by atoms with Crippen LogP contribution in [0.25, 0.3) is 0 Å². The van der Waals surface area contributed by atoms with E-state index in [4.69, 9.17) is 4.74 Å². The quantitative estimate of drug-likeness (QED) is 0.495.